The van der Waals surface area contributed by atoms with Gasteiger partial charge in [-0.1, -0.05) is 30.3 Å². The van der Waals surface area contributed by atoms with Crippen LogP contribution in [0.3, 0.4) is 0 Å². The standard InChI is InChI=1S/C18H18N4O2/c1-14(19-13-16-5-2-3-6-18(16)22(23)24)15-7-9-17(10-8-15)21-12-4-11-20-21/h2-12,14,19H,13H2,1H3/t14-/m0/s1. The highest BCUT2D eigenvalue weighted by molar-refractivity contribution is 5.40. The summed E-state index contributed by atoms with van der Waals surface area (Å²) in [6.07, 6.45) is 3.63. The largest absolute Gasteiger partial charge is 0.306 e. The molecule has 0 spiro atoms. The van der Waals surface area contributed by atoms with E-state index < -0.39 is 0 Å². The number of benzene rings is 2. The molecule has 24 heavy (non-hydrogen) atoms. The van der Waals surface area contributed by atoms with Crippen molar-refractivity contribution >= 4 is 5.69 Å². The first-order valence-corrected chi connectivity index (χ1v) is 7.71. The van der Waals surface area contributed by atoms with Crippen molar-refractivity contribution in [3.63, 3.8) is 0 Å². The summed E-state index contributed by atoms with van der Waals surface area (Å²) in [5.41, 5.74) is 2.94. The smallest absolute Gasteiger partial charge is 0.273 e. The van der Waals surface area contributed by atoms with Gasteiger partial charge in [0, 0.05) is 36.6 Å². The predicted octanol–water partition coefficient (Wildman–Crippen LogP) is 3.63. The van der Waals surface area contributed by atoms with Gasteiger partial charge < -0.3 is 5.32 Å². The molecule has 122 valence electrons. The molecule has 0 aliphatic rings. The van der Waals surface area contributed by atoms with Crippen molar-refractivity contribution in [1.82, 2.24) is 15.1 Å². The van der Waals surface area contributed by atoms with Crippen molar-refractivity contribution < 1.29 is 4.92 Å². The molecule has 6 heteroatoms. The molecule has 3 rings (SSSR count). The molecule has 1 atom stereocenters. The Bertz CT molecular complexity index is 813. The fourth-order valence-corrected chi connectivity index (χ4v) is 2.56. The van der Waals surface area contributed by atoms with E-state index >= 15 is 0 Å². The van der Waals surface area contributed by atoms with Crippen molar-refractivity contribution in [2.45, 2.75) is 19.5 Å². The third-order valence-corrected chi connectivity index (χ3v) is 3.95. The second kappa shape index (κ2) is 7.06. The summed E-state index contributed by atoms with van der Waals surface area (Å²) in [7, 11) is 0. The van der Waals surface area contributed by atoms with Gasteiger partial charge in [-0.25, -0.2) is 4.68 Å². The van der Waals surface area contributed by atoms with Crippen molar-refractivity contribution in [2.75, 3.05) is 0 Å². The van der Waals surface area contributed by atoms with Crippen LogP contribution in [-0.2, 0) is 6.54 Å². The Morgan fingerprint density at radius 2 is 1.92 bits per heavy atom. The number of hydrogen-bond acceptors (Lipinski definition) is 4. The molecule has 0 bridgehead atoms. The van der Waals surface area contributed by atoms with Crippen LogP contribution in [0.1, 0.15) is 24.1 Å². The highest BCUT2D eigenvalue weighted by Crippen LogP contribution is 2.20. The van der Waals surface area contributed by atoms with E-state index in [-0.39, 0.29) is 16.7 Å². The topological polar surface area (TPSA) is 73.0 Å². The van der Waals surface area contributed by atoms with Crippen molar-refractivity contribution in [1.29, 1.82) is 0 Å². The molecule has 0 unspecified atom stereocenters. The van der Waals surface area contributed by atoms with Crippen LogP contribution in [-0.4, -0.2) is 14.7 Å². The van der Waals surface area contributed by atoms with Crippen LogP contribution in [0.15, 0.2) is 67.0 Å². The first-order chi connectivity index (χ1) is 11.6. The minimum Gasteiger partial charge on any atom is -0.306 e. The minimum atomic E-state index is -0.347. The number of rotatable bonds is 6. The molecule has 0 saturated carbocycles. The summed E-state index contributed by atoms with van der Waals surface area (Å²) in [6, 6.07) is 16.8. The third-order valence-electron chi connectivity index (χ3n) is 3.95. The maximum atomic E-state index is 11.1. The number of nitrogens with one attached hydrogen (secondary N) is 1. The Kier molecular flexibility index (Phi) is 4.67. The zero-order valence-electron chi connectivity index (χ0n) is 13.3. The third kappa shape index (κ3) is 3.49. The van der Waals surface area contributed by atoms with Gasteiger partial charge in [-0.3, -0.25) is 10.1 Å². The molecule has 0 amide bonds. The molecule has 0 aliphatic heterocycles. The van der Waals surface area contributed by atoms with E-state index in [1.165, 1.54) is 6.07 Å². The fraction of sp³-hybridized carbons (Fsp3) is 0.167. The van der Waals surface area contributed by atoms with E-state index in [0.717, 1.165) is 11.3 Å². The summed E-state index contributed by atoms with van der Waals surface area (Å²) in [6.45, 7) is 2.48. The van der Waals surface area contributed by atoms with Crippen molar-refractivity contribution in [3.8, 4) is 5.69 Å². The second-order valence-electron chi connectivity index (χ2n) is 5.53. The average molecular weight is 322 g/mol. The Hall–Kier alpha value is -2.99. The molecule has 6 nitrogen and oxygen atoms in total. The Balaban J connectivity index is 1.67. The average Bonchev–Trinajstić information content (AvgIpc) is 3.14. The molecule has 1 aromatic heterocycles. The van der Waals surface area contributed by atoms with Crippen LogP contribution in [0.4, 0.5) is 5.69 Å². The molecular formula is C18H18N4O2. The first kappa shape index (κ1) is 15.9. The van der Waals surface area contributed by atoms with E-state index in [1.807, 2.05) is 49.5 Å². The summed E-state index contributed by atoms with van der Waals surface area (Å²) >= 11 is 0. The van der Waals surface area contributed by atoms with Crippen LogP contribution in [0, 0.1) is 10.1 Å². The molecule has 0 saturated heterocycles. The zero-order chi connectivity index (χ0) is 16.9. The number of hydrogen-bond donors (Lipinski definition) is 1. The number of nitrogens with zero attached hydrogens (tertiary/aromatic N) is 3. The zero-order valence-corrected chi connectivity index (χ0v) is 13.3. The van der Waals surface area contributed by atoms with Gasteiger partial charge in [0.1, 0.15) is 0 Å². The van der Waals surface area contributed by atoms with Gasteiger partial charge in [0.05, 0.1) is 10.6 Å². The molecule has 2 aromatic carbocycles. The second-order valence-corrected chi connectivity index (χ2v) is 5.53. The maximum Gasteiger partial charge on any atom is 0.273 e. The maximum absolute atomic E-state index is 11.1. The molecule has 1 heterocycles. The predicted molar refractivity (Wildman–Crippen MR) is 91.9 cm³/mol. The van der Waals surface area contributed by atoms with E-state index in [1.54, 1.807) is 23.0 Å². The van der Waals surface area contributed by atoms with Crippen molar-refractivity contribution in [3.05, 3.63) is 88.2 Å². The lowest BCUT2D eigenvalue weighted by molar-refractivity contribution is -0.385. The molecule has 0 fully saturated rings. The van der Waals surface area contributed by atoms with Crippen molar-refractivity contribution in [2.24, 2.45) is 0 Å². The van der Waals surface area contributed by atoms with Crippen LogP contribution in [0.25, 0.3) is 5.69 Å². The lowest BCUT2D eigenvalue weighted by atomic mass is 10.1. The Morgan fingerprint density at radius 3 is 2.58 bits per heavy atom. The molecule has 3 aromatic rings. The monoisotopic (exact) mass is 322 g/mol. The summed E-state index contributed by atoms with van der Waals surface area (Å²) < 4.78 is 1.80. The van der Waals surface area contributed by atoms with E-state index in [9.17, 15) is 10.1 Å². The van der Waals surface area contributed by atoms with Crippen LogP contribution in [0.5, 0.6) is 0 Å². The molecule has 0 aliphatic carbocycles. The lowest BCUT2D eigenvalue weighted by Crippen LogP contribution is -2.18. The number of para-hydroxylation sites is 1. The first-order valence-electron chi connectivity index (χ1n) is 7.71. The fourth-order valence-electron chi connectivity index (χ4n) is 2.56. The normalized spacial score (nSPS) is 12.0. The highest BCUT2D eigenvalue weighted by atomic mass is 16.6. The highest BCUT2D eigenvalue weighted by Gasteiger charge is 2.13. The quantitative estimate of drug-likeness (QED) is 0.555. The Labute approximate surface area is 139 Å². The summed E-state index contributed by atoms with van der Waals surface area (Å²) in [5.74, 6) is 0. The van der Waals surface area contributed by atoms with Gasteiger partial charge in [-0.2, -0.15) is 5.10 Å². The number of nitro groups is 1. The molecule has 0 radical (unpaired) electrons. The van der Waals surface area contributed by atoms with Gasteiger partial charge in [0.15, 0.2) is 0 Å². The van der Waals surface area contributed by atoms with E-state index in [0.29, 0.717) is 12.1 Å². The van der Waals surface area contributed by atoms with Crippen LogP contribution >= 0.6 is 0 Å². The summed E-state index contributed by atoms with van der Waals surface area (Å²) in [4.78, 5) is 10.7. The molecule has 1 N–H and O–H groups in total. The lowest BCUT2D eigenvalue weighted by Gasteiger charge is -2.15. The molecular weight excluding hydrogens is 304 g/mol. The van der Waals surface area contributed by atoms with E-state index in [2.05, 4.69) is 10.4 Å². The van der Waals surface area contributed by atoms with Crippen LogP contribution < -0.4 is 5.32 Å². The van der Waals surface area contributed by atoms with Gasteiger partial charge in [-0.05, 0) is 30.7 Å². The summed E-state index contributed by atoms with van der Waals surface area (Å²) in [5, 5.41) is 18.6. The van der Waals surface area contributed by atoms with Gasteiger partial charge in [0.2, 0.25) is 0 Å². The van der Waals surface area contributed by atoms with Crippen LogP contribution in [0.2, 0.25) is 0 Å². The van der Waals surface area contributed by atoms with E-state index in [4.69, 9.17) is 0 Å². The van der Waals surface area contributed by atoms with Gasteiger partial charge in [-0.15, -0.1) is 0 Å². The minimum absolute atomic E-state index is 0.0801. The van der Waals surface area contributed by atoms with Gasteiger partial charge in [0.25, 0.3) is 5.69 Å². The van der Waals surface area contributed by atoms with Gasteiger partial charge >= 0.3 is 0 Å². The SMILES string of the molecule is C[C@H](NCc1ccccc1[N+](=O)[O-])c1ccc(-n2cccn2)cc1. The Morgan fingerprint density at radius 1 is 1.17 bits per heavy atom. The number of nitro benzene ring substituents is 1. The number of aromatic nitrogens is 2.